The second kappa shape index (κ2) is 5.20. The summed E-state index contributed by atoms with van der Waals surface area (Å²) in [5, 5.41) is 4.22. The lowest BCUT2D eigenvalue weighted by atomic mass is 10.1. The standard InChI is InChI=1S/C15H20N2O2S/c1-11-6-8-13(9-7-11)20(18,19)17-16-15-5-3-2-4-12-10-14(12)15/h6-9,12,14,17H,2-5,10H2,1H3/b16-15+/t12-,14+/m0/s1. The summed E-state index contributed by atoms with van der Waals surface area (Å²) in [4.78, 5) is 2.68. The van der Waals surface area contributed by atoms with E-state index >= 15 is 0 Å². The van der Waals surface area contributed by atoms with Gasteiger partial charge >= 0.3 is 0 Å². The zero-order valence-corrected chi connectivity index (χ0v) is 12.5. The maximum atomic E-state index is 12.2. The molecule has 0 aliphatic heterocycles. The highest BCUT2D eigenvalue weighted by Gasteiger charge is 2.41. The summed E-state index contributed by atoms with van der Waals surface area (Å²) in [6, 6.07) is 6.82. The van der Waals surface area contributed by atoms with Gasteiger partial charge in [0.1, 0.15) is 0 Å². The molecule has 4 nitrogen and oxygen atoms in total. The number of fused-ring (bicyclic) bond motifs is 1. The van der Waals surface area contributed by atoms with Gasteiger partial charge < -0.3 is 0 Å². The molecule has 5 heteroatoms. The minimum atomic E-state index is -3.53. The van der Waals surface area contributed by atoms with Gasteiger partial charge in [0.2, 0.25) is 0 Å². The molecule has 1 aromatic rings. The molecule has 1 N–H and O–H groups in total. The third-order valence-electron chi connectivity index (χ3n) is 4.25. The Balaban J connectivity index is 1.75. The van der Waals surface area contributed by atoms with E-state index in [0.717, 1.165) is 30.0 Å². The fourth-order valence-corrected chi connectivity index (χ4v) is 3.74. The Bertz CT molecular complexity index is 620. The number of hydrogen-bond donors (Lipinski definition) is 1. The van der Waals surface area contributed by atoms with Crippen molar-refractivity contribution >= 4 is 15.7 Å². The Morgan fingerprint density at radius 2 is 1.95 bits per heavy atom. The molecule has 2 saturated carbocycles. The second-order valence-corrected chi connectivity index (χ2v) is 7.52. The number of hydrogen-bond acceptors (Lipinski definition) is 3. The molecule has 20 heavy (non-hydrogen) atoms. The molecule has 108 valence electrons. The number of nitrogens with one attached hydrogen (secondary N) is 1. The van der Waals surface area contributed by atoms with E-state index in [0.29, 0.717) is 5.92 Å². The van der Waals surface area contributed by atoms with Crippen molar-refractivity contribution in [2.45, 2.75) is 43.9 Å². The monoisotopic (exact) mass is 292 g/mol. The summed E-state index contributed by atoms with van der Waals surface area (Å²) in [5.41, 5.74) is 2.09. The molecule has 0 heterocycles. The van der Waals surface area contributed by atoms with E-state index in [4.69, 9.17) is 0 Å². The van der Waals surface area contributed by atoms with Gasteiger partial charge in [-0.05, 0) is 50.7 Å². The van der Waals surface area contributed by atoms with E-state index in [-0.39, 0.29) is 4.90 Å². The molecule has 0 amide bonds. The summed E-state index contributed by atoms with van der Waals surface area (Å²) in [6.45, 7) is 1.93. The number of benzene rings is 1. The van der Waals surface area contributed by atoms with Crippen molar-refractivity contribution in [1.82, 2.24) is 4.83 Å². The Morgan fingerprint density at radius 3 is 2.70 bits per heavy atom. The van der Waals surface area contributed by atoms with E-state index in [1.54, 1.807) is 24.3 Å². The molecule has 1 aromatic carbocycles. The van der Waals surface area contributed by atoms with Crippen molar-refractivity contribution in [3.05, 3.63) is 29.8 Å². The first-order chi connectivity index (χ1) is 9.56. The lowest BCUT2D eigenvalue weighted by Crippen LogP contribution is -2.21. The van der Waals surface area contributed by atoms with Crippen molar-refractivity contribution in [3.8, 4) is 0 Å². The van der Waals surface area contributed by atoms with Gasteiger partial charge in [-0.25, -0.2) is 4.83 Å². The van der Waals surface area contributed by atoms with E-state index in [1.165, 1.54) is 19.3 Å². The number of rotatable bonds is 3. The number of aryl methyl sites for hydroxylation is 1. The van der Waals surface area contributed by atoms with Crippen molar-refractivity contribution in [1.29, 1.82) is 0 Å². The third-order valence-corrected chi connectivity index (χ3v) is 5.47. The Kier molecular flexibility index (Phi) is 3.54. The Labute approximate surface area is 120 Å². The lowest BCUT2D eigenvalue weighted by molar-refractivity contribution is 0.584. The molecule has 0 bridgehead atoms. The van der Waals surface area contributed by atoms with Gasteiger partial charge in [0.05, 0.1) is 4.90 Å². The zero-order chi connectivity index (χ0) is 14.2. The summed E-state index contributed by atoms with van der Waals surface area (Å²) in [6.07, 6.45) is 5.75. The molecule has 2 aliphatic carbocycles. The highest BCUT2D eigenvalue weighted by molar-refractivity contribution is 7.89. The number of nitrogens with zero attached hydrogens (tertiary/aromatic N) is 1. The predicted molar refractivity (Wildman–Crippen MR) is 79.0 cm³/mol. The average Bonchev–Trinajstić information content (AvgIpc) is 3.17. The van der Waals surface area contributed by atoms with Crippen LogP contribution in [-0.4, -0.2) is 14.1 Å². The molecule has 2 atom stereocenters. The van der Waals surface area contributed by atoms with Gasteiger partial charge in [-0.3, -0.25) is 0 Å². The van der Waals surface area contributed by atoms with Crippen molar-refractivity contribution in [3.63, 3.8) is 0 Å². The molecular formula is C15H20N2O2S. The van der Waals surface area contributed by atoms with Crippen LogP contribution in [0.2, 0.25) is 0 Å². The maximum absolute atomic E-state index is 12.2. The first-order valence-electron chi connectivity index (χ1n) is 7.21. The summed E-state index contributed by atoms with van der Waals surface area (Å²) < 4.78 is 24.3. The van der Waals surface area contributed by atoms with Crippen molar-refractivity contribution in [2.24, 2.45) is 16.9 Å². The largest absolute Gasteiger partial charge is 0.276 e. The van der Waals surface area contributed by atoms with Crippen LogP contribution >= 0.6 is 0 Å². The van der Waals surface area contributed by atoms with Crippen LogP contribution in [0.1, 0.15) is 37.7 Å². The second-order valence-electron chi connectivity index (χ2n) is 5.86. The predicted octanol–water partition coefficient (Wildman–Crippen LogP) is 2.84. The van der Waals surface area contributed by atoms with E-state index < -0.39 is 10.0 Å². The Morgan fingerprint density at radius 1 is 1.20 bits per heavy atom. The van der Waals surface area contributed by atoms with Crippen LogP contribution < -0.4 is 4.83 Å². The summed E-state index contributed by atoms with van der Waals surface area (Å²) in [5.74, 6) is 1.28. The quantitative estimate of drug-likeness (QED) is 0.871. The average molecular weight is 292 g/mol. The molecular weight excluding hydrogens is 272 g/mol. The van der Waals surface area contributed by atoms with Gasteiger partial charge in [-0.2, -0.15) is 13.5 Å². The molecule has 0 saturated heterocycles. The molecule has 2 fully saturated rings. The first kappa shape index (κ1) is 13.6. The number of hydrazone groups is 1. The van der Waals surface area contributed by atoms with E-state index in [9.17, 15) is 8.42 Å². The van der Waals surface area contributed by atoms with Crippen molar-refractivity contribution < 1.29 is 8.42 Å². The third kappa shape index (κ3) is 2.87. The normalized spacial score (nSPS) is 27.8. The van der Waals surface area contributed by atoms with Crippen LogP contribution in [0.25, 0.3) is 0 Å². The Hall–Kier alpha value is -1.36. The van der Waals surface area contributed by atoms with Crippen LogP contribution in [0.3, 0.4) is 0 Å². The fourth-order valence-electron chi connectivity index (χ4n) is 2.90. The van der Waals surface area contributed by atoms with Gasteiger partial charge in [-0.15, -0.1) is 0 Å². The van der Waals surface area contributed by atoms with Gasteiger partial charge in [0.15, 0.2) is 0 Å². The first-order valence-corrected chi connectivity index (χ1v) is 8.69. The highest BCUT2D eigenvalue weighted by atomic mass is 32.2. The van der Waals surface area contributed by atoms with Gasteiger partial charge in [-0.1, -0.05) is 24.1 Å². The van der Waals surface area contributed by atoms with Crippen molar-refractivity contribution in [2.75, 3.05) is 0 Å². The van der Waals surface area contributed by atoms with E-state index in [1.807, 2.05) is 6.92 Å². The van der Waals surface area contributed by atoms with Crippen LogP contribution in [0, 0.1) is 18.8 Å². The SMILES string of the molecule is Cc1ccc(S(=O)(=O)N/N=C2\CCCC[C@H]3C[C@@H]23)cc1. The van der Waals surface area contributed by atoms with Gasteiger partial charge in [0.25, 0.3) is 10.0 Å². The lowest BCUT2D eigenvalue weighted by Gasteiger charge is -2.07. The van der Waals surface area contributed by atoms with Crippen LogP contribution in [0.15, 0.2) is 34.3 Å². The highest BCUT2D eigenvalue weighted by Crippen LogP contribution is 2.46. The van der Waals surface area contributed by atoms with Crippen LogP contribution in [0.5, 0.6) is 0 Å². The fraction of sp³-hybridized carbons (Fsp3) is 0.533. The zero-order valence-electron chi connectivity index (χ0n) is 11.7. The van der Waals surface area contributed by atoms with Gasteiger partial charge in [0, 0.05) is 11.6 Å². The summed E-state index contributed by atoms with van der Waals surface area (Å²) >= 11 is 0. The van der Waals surface area contributed by atoms with E-state index in [2.05, 4.69) is 9.93 Å². The van der Waals surface area contributed by atoms with Crippen LogP contribution in [-0.2, 0) is 10.0 Å². The van der Waals surface area contributed by atoms with Crippen LogP contribution in [0.4, 0.5) is 0 Å². The minimum absolute atomic E-state index is 0.272. The maximum Gasteiger partial charge on any atom is 0.276 e. The molecule has 0 aromatic heterocycles. The topological polar surface area (TPSA) is 58.5 Å². The number of sulfonamides is 1. The molecule has 0 radical (unpaired) electrons. The molecule has 3 rings (SSSR count). The molecule has 0 unspecified atom stereocenters. The minimum Gasteiger partial charge on any atom is -0.200 e. The summed E-state index contributed by atoms with van der Waals surface area (Å²) in [7, 11) is -3.53. The molecule has 2 aliphatic rings. The molecule has 0 spiro atoms. The smallest absolute Gasteiger partial charge is 0.200 e.